The van der Waals surface area contributed by atoms with Crippen molar-refractivity contribution in [3.8, 4) is 5.75 Å². The molecule has 1 atom stereocenters. The normalized spacial score (nSPS) is 14.8. The first kappa shape index (κ1) is 13.8. The molecule has 0 radical (unpaired) electrons. The molecule has 3 rings (SSSR count). The molecule has 1 aromatic carbocycles. The molecule has 110 valence electrons. The summed E-state index contributed by atoms with van der Waals surface area (Å²) in [7, 11) is 1.58. The van der Waals surface area contributed by atoms with Crippen molar-refractivity contribution in [1.29, 1.82) is 0 Å². The molecule has 2 aromatic rings. The van der Waals surface area contributed by atoms with Gasteiger partial charge in [-0.3, -0.25) is 4.79 Å². The predicted octanol–water partition coefficient (Wildman–Crippen LogP) is 1.47. The van der Waals surface area contributed by atoms with Crippen molar-refractivity contribution in [1.82, 2.24) is 9.78 Å². The van der Waals surface area contributed by atoms with Crippen LogP contribution in [0.4, 0.5) is 0 Å². The largest absolute Gasteiger partial charge is 0.497 e. The van der Waals surface area contributed by atoms with Crippen LogP contribution in [0.5, 0.6) is 5.75 Å². The Kier molecular flexibility index (Phi) is 3.75. The van der Waals surface area contributed by atoms with E-state index in [0.717, 1.165) is 30.5 Å². The van der Waals surface area contributed by atoms with Crippen LogP contribution >= 0.6 is 0 Å². The van der Waals surface area contributed by atoms with Crippen LogP contribution in [0.1, 0.15) is 29.3 Å². The summed E-state index contributed by atoms with van der Waals surface area (Å²) in [5, 5.41) is 14.7. The van der Waals surface area contributed by atoms with Gasteiger partial charge in [0.25, 0.3) is 5.56 Å². The second-order valence-electron chi connectivity index (χ2n) is 5.28. The Labute approximate surface area is 122 Å². The van der Waals surface area contributed by atoms with Crippen molar-refractivity contribution < 1.29 is 9.84 Å². The Bertz CT molecular complexity index is 709. The van der Waals surface area contributed by atoms with Crippen molar-refractivity contribution >= 4 is 0 Å². The van der Waals surface area contributed by atoms with Crippen LogP contribution in [-0.2, 0) is 19.4 Å². The zero-order valence-corrected chi connectivity index (χ0v) is 12.0. The minimum atomic E-state index is -0.787. The highest BCUT2D eigenvalue weighted by molar-refractivity contribution is 5.29. The number of fused-ring (bicyclic) bond motifs is 1. The Morgan fingerprint density at radius 1 is 1.38 bits per heavy atom. The summed E-state index contributed by atoms with van der Waals surface area (Å²) in [4.78, 5) is 12.0. The zero-order valence-electron chi connectivity index (χ0n) is 12.0. The van der Waals surface area contributed by atoms with Crippen molar-refractivity contribution in [3.63, 3.8) is 0 Å². The molecule has 0 saturated carbocycles. The number of aliphatic hydroxyl groups is 1. The third kappa shape index (κ3) is 2.83. The molecule has 5 heteroatoms. The van der Waals surface area contributed by atoms with Gasteiger partial charge in [0.05, 0.1) is 25.5 Å². The minimum Gasteiger partial charge on any atom is -0.497 e. The standard InChI is InChI=1S/C16H18N2O3/c1-21-13-6-2-5-12(8-13)15(19)10-18-16(20)9-11-4-3-7-14(11)17-18/h2,5-6,8-9,15,19H,3-4,7,10H2,1H3. The number of aliphatic hydroxyl groups excluding tert-OH is 1. The van der Waals surface area contributed by atoms with Crippen molar-refractivity contribution in [2.75, 3.05) is 7.11 Å². The number of methoxy groups -OCH3 is 1. The third-order valence-corrected chi connectivity index (χ3v) is 3.85. The first-order valence-electron chi connectivity index (χ1n) is 7.09. The summed E-state index contributed by atoms with van der Waals surface area (Å²) >= 11 is 0. The van der Waals surface area contributed by atoms with Crippen LogP contribution < -0.4 is 10.3 Å². The second kappa shape index (κ2) is 5.69. The molecule has 0 fully saturated rings. The van der Waals surface area contributed by atoms with Gasteiger partial charge < -0.3 is 9.84 Å². The van der Waals surface area contributed by atoms with Crippen molar-refractivity contribution in [2.45, 2.75) is 31.9 Å². The van der Waals surface area contributed by atoms with Crippen molar-refractivity contribution in [2.24, 2.45) is 0 Å². The first-order valence-corrected chi connectivity index (χ1v) is 7.09. The highest BCUT2D eigenvalue weighted by Gasteiger charge is 2.17. The number of benzene rings is 1. The van der Waals surface area contributed by atoms with Crippen LogP contribution in [0, 0.1) is 0 Å². The number of nitrogens with zero attached hydrogens (tertiary/aromatic N) is 2. The Balaban J connectivity index is 1.84. The molecule has 1 aliphatic rings. The fourth-order valence-electron chi connectivity index (χ4n) is 2.69. The summed E-state index contributed by atoms with van der Waals surface area (Å²) in [6.07, 6.45) is 2.09. The van der Waals surface area contributed by atoms with Gasteiger partial charge in [-0.2, -0.15) is 5.10 Å². The molecule has 1 N–H and O–H groups in total. The van der Waals surface area contributed by atoms with Gasteiger partial charge in [-0.15, -0.1) is 0 Å². The average molecular weight is 286 g/mol. The van der Waals surface area contributed by atoms with Crippen LogP contribution in [-0.4, -0.2) is 22.0 Å². The molecule has 1 heterocycles. The number of aromatic nitrogens is 2. The number of hydrogen-bond donors (Lipinski definition) is 1. The predicted molar refractivity (Wildman–Crippen MR) is 78.5 cm³/mol. The Morgan fingerprint density at radius 2 is 2.24 bits per heavy atom. The Morgan fingerprint density at radius 3 is 3.05 bits per heavy atom. The lowest BCUT2D eigenvalue weighted by Gasteiger charge is -2.14. The fraction of sp³-hybridized carbons (Fsp3) is 0.375. The zero-order chi connectivity index (χ0) is 14.8. The molecule has 0 saturated heterocycles. The maximum Gasteiger partial charge on any atom is 0.267 e. The van der Waals surface area contributed by atoms with Crippen LogP contribution in [0.25, 0.3) is 0 Å². The second-order valence-corrected chi connectivity index (χ2v) is 5.28. The fourth-order valence-corrected chi connectivity index (χ4v) is 2.69. The number of aryl methyl sites for hydroxylation is 2. The Hall–Kier alpha value is -2.14. The van der Waals surface area contributed by atoms with Crippen LogP contribution in [0.15, 0.2) is 35.1 Å². The molecule has 0 aliphatic heterocycles. The lowest BCUT2D eigenvalue weighted by Crippen LogP contribution is -2.26. The van der Waals surface area contributed by atoms with Gasteiger partial charge in [0.2, 0.25) is 0 Å². The molecule has 5 nitrogen and oxygen atoms in total. The number of hydrogen-bond acceptors (Lipinski definition) is 4. The lowest BCUT2D eigenvalue weighted by molar-refractivity contribution is 0.148. The van der Waals surface area contributed by atoms with Gasteiger partial charge in [0, 0.05) is 6.07 Å². The number of ether oxygens (including phenoxy) is 1. The summed E-state index contributed by atoms with van der Waals surface area (Å²) in [5.74, 6) is 0.681. The lowest BCUT2D eigenvalue weighted by atomic mass is 10.1. The van der Waals surface area contributed by atoms with Gasteiger partial charge in [-0.25, -0.2) is 4.68 Å². The quantitative estimate of drug-likeness (QED) is 0.924. The third-order valence-electron chi connectivity index (χ3n) is 3.85. The van der Waals surface area contributed by atoms with E-state index in [2.05, 4.69) is 5.10 Å². The van der Waals surface area contributed by atoms with Gasteiger partial charge >= 0.3 is 0 Å². The van der Waals surface area contributed by atoms with E-state index in [1.165, 1.54) is 4.68 Å². The summed E-state index contributed by atoms with van der Waals surface area (Å²) < 4.78 is 6.50. The SMILES string of the molecule is COc1cccc(C(O)Cn2nc3c(cc2=O)CCC3)c1. The average Bonchev–Trinajstić information content (AvgIpc) is 2.94. The van der Waals surface area contributed by atoms with E-state index in [1.807, 2.05) is 18.2 Å². The maximum absolute atomic E-state index is 12.0. The van der Waals surface area contributed by atoms with Crippen LogP contribution in [0.2, 0.25) is 0 Å². The first-order chi connectivity index (χ1) is 10.2. The molecule has 21 heavy (non-hydrogen) atoms. The molecule has 1 unspecified atom stereocenters. The summed E-state index contributed by atoms with van der Waals surface area (Å²) in [6.45, 7) is 0.152. The highest BCUT2D eigenvalue weighted by Crippen LogP contribution is 2.21. The molecule has 1 aromatic heterocycles. The molecule has 0 amide bonds. The molecule has 0 spiro atoms. The van der Waals surface area contributed by atoms with Crippen molar-refractivity contribution in [3.05, 3.63) is 57.5 Å². The van der Waals surface area contributed by atoms with E-state index < -0.39 is 6.10 Å². The smallest absolute Gasteiger partial charge is 0.267 e. The van der Waals surface area contributed by atoms with E-state index in [0.29, 0.717) is 11.3 Å². The minimum absolute atomic E-state index is 0.152. The van der Waals surface area contributed by atoms with E-state index in [4.69, 9.17) is 4.74 Å². The molecule has 1 aliphatic carbocycles. The summed E-state index contributed by atoms with van der Waals surface area (Å²) in [5.41, 5.74) is 2.58. The molecular weight excluding hydrogens is 268 g/mol. The molecular formula is C16H18N2O3. The highest BCUT2D eigenvalue weighted by atomic mass is 16.5. The topological polar surface area (TPSA) is 64.3 Å². The maximum atomic E-state index is 12.0. The van der Waals surface area contributed by atoms with Gasteiger partial charge in [-0.1, -0.05) is 12.1 Å². The van der Waals surface area contributed by atoms with Gasteiger partial charge in [0.1, 0.15) is 5.75 Å². The summed E-state index contributed by atoms with van der Waals surface area (Å²) in [6, 6.07) is 8.86. The molecule has 0 bridgehead atoms. The van der Waals surface area contributed by atoms with E-state index >= 15 is 0 Å². The van der Waals surface area contributed by atoms with E-state index in [-0.39, 0.29) is 12.1 Å². The van der Waals surface area contributed by atoms with E-state index in [9.17, 15) is 9.90 Å². The van der Waals surface area contributed by atoms with E-state index in [1.54, 1.807) is 19.2 Å². The van der Waals surface area contributed by atoms with Crippen LogP contribution in [0.3, 0.4) is 0 Å². The van der Waals surface area contributed by atoms with Gasteiger partial charge in [-0.05, 0) is 42.5 Å². The van der Waals surface area contributed by atoms with Gasteiger partial charge in [0.15, 0.2) is 0 Å². The number of rotatable bonds is 4. The monoisotopic (exact) mass is 286 g/mol.